The Morgan fingerprint density at radius 3 is 2.58 bits per heavy atom. The van der Waals surface area contributed by atoms with E-state index in [1.807, 2.05) is 54.3 Å². The Morgan fingerprint density at radius 2 is 1.84 bits per heavy atom. The minimum atomic E-state index is -0.270. The van der Waals surface area contributed by atoms with E-state index in [9.17, 15) is 4.79 Å². The summed E-state index contributed by atoms with van der Waals surface area (Å²) >= 11 is 0. The van der Waals surface area contributed by atoms with E-state index in [-0.39, 0.29) is 11.9 Å². The number of nitrogens with one attached hydrogen (secondary N) is 2. The Kier molecular flexibility index (Phi) is 4.66. The zero-order chi connectivity index (χ0) is 21.5. The van der Waals surface area contributed by atoms with Gasteiger partial charge in [-0.3, -0.25) is 4.79 Å². The van der Waals surface area contributed by atoms with E-state index in [4.69, 9.17) is 9.47 Å². The van der Waals surface area contributed by atoms with Gasteiger partial charge in [0.2, 0.25) is 0 Å². The molecule has 1 amide bonds. The van der Waals surface area contributed by atoms with Crippen molar-refractivity contribution < 1.29 is 14.3 Å². The SMILES string of the molecule is COc1ccc([C@H]2c3nc[nH]c3CCN2C(=O)c2[nH]c3ccc(OC)cc3c2C)cc1. The molecule has 31 heavy (non-hydrogen) atoms. The van der Waals surface area contributed by atoms with Crippen LogP contribution in [0.5, 0.6) is 11.5 Å². The van der Waals surface area contributed by atoms with Gasteiger partial charge in [0.15, 0.2) is 0 Å². The molecule has 2 N–H and O–H groups in total. The molecule has 0 bridgehead atoms. The van der Waals surface area contributed by atoms with E-state index < -0.39 is 0 Å². The minimum absolute atomic E-state index is 0.0397. The number of hydrogen-bond donors (Lipinski definition) is 2. The zero-order valence-corrected chi connectivity index (χ0v) is 17.7. The lowest BCUT2D eigenvalue weighted by molar-refractivity contribution is 0.0685. The maximum absolute atomic E-state index is 13.8. The van der Waals surface area contributed by atoms with E-state index in [1.54, 1.807) is 20.5 Å². The molecule has 1 aliphatic rings. The molecule has 4 aromatic rings. The number of ether oxygens (including phenoxy) is 2. The van der Waals surface area contributed by atoms with Crippen molar-refractivity contribution in [3.63, 3.8) is 0 Å². The van der Waals surface area contributed by atoms with Crippen LogP contribution in [0.15, 0.2) is 48.8 Å². The van der Waals surface area contributed by atoms with Crippen LogP contribution in [0.2, 0.25) is 0 Å². The number of amides is 1. The van der Waals surface area contributed by atoms with Crippen LogP contribution < -0.4 is 9.47 Å². The first-order valence-electron chi connectivity index (χ1n) is 10.2. The molecule has 0 saturated heterocycles. The third-order valence-electron chi connectivity index (χ3n) is 6.10. The van der Waals surface area contributed by atoms with Gasteiger partial charge in [0.05, 0.1) is 26.2 Å². The quantitative estimate of drug-likeness (QED) is 0.527. The fraction of sp³-hybridized carbons (Fsp3) is 0.250. The van der Waals surface area contributed by atoms with Gasteiger partial charge in [-0.1, -0.05) is 12.1 Å². The van der Waals surface area contributed by atoms with Crippen LogP contribution in [-0.4, -0.2) is 46.5 Å². The van der Waals surface area contributed by atoms with E-state index in [2.05, 4.69) is 15.0 Å². The maximum atomic E-state index is 13.8. The van der Waals surface area contributed by atoms with Crippen molar-refractivity contribution in [1.82, 2.24) is 19.9 Å². The lowest BCUT2D eigenvalue weighted by atomic mass is 9.95. The van der Waals surface area contributed by atoms with Gasteiger partial charge >= 0.3 is 0 Å². The van der Waals surface area contributed by atoms with Crippen molar-refractivity contribution in [1.29, 1.82) is 0 Å². The first kappa shape index (κ1) is 19.2. The molecule has 5 rings (SSSR count). The third kappa shape index (κ3) is 3.13. The van der Waals surface area contributed by atoms with Crippen LogP contribution in [0.25, 0.3) is 10.9 Å². The summed E-state index contributed by atoms with van der Waals surface area (Å²) in [7, 11) is 3.29. The van der Waals surface area contributed by atoms with Crippen molar-refractivity contribution in [2.75, 3.05) is 20.8 Å². The van der Waals surface area contributed by atoms with Gasteiger partial charge in [0, 0.05) is 29.6 Å². The number of fused-ring (bicyclic) bond motifs is 2. The average molecular weight is 416 g/mol. The third-order valence-corrected chi connectivity index (χ3v) is 6.10. The zero-order valence-electron chi connectivity index (χ0n) is 17.7. The summed E-state index contributed by atoms with van der Waals surface area (Å²) in [5, 5.41) is 0.987. The van der Waals surface area contributed by atoms with Gasteiger partial charge in [-0.25, -0.2) is 4.98 Å². The molecule has 0 unspecified atom stereocenters. The lowest BCUT2D eigenvalue weighted by Crippen LogP contribution is -2.41. The molecule has 2 aromatic heterocycles. The normalized spacial score (nSPS) is 15.7. The van der Waals surface area contributed by atoms with E-state index >= 15 is 0 Å². The summed E-state index contributed by atoms with van der Waals surface area (Å²) in [6, 6.07) is 13.4. The number of imidazole rings is 1. The molecule has 0 spiro atoms. The van der Waals surface area contributed by atoms with Gasteiger partial charge < -0.3 is 24.3 Å². The van der Waals surface area contributed by atoms with Crippen molar-refractivity contribution in [3.8, 4) is 11.5 Å². The largest absolute Gasteiger partial charge is 0.497 e. The number of H-pyrrole nitrogens is 2. The fourth-order valence-electron chi connectivity index (χ4n) is 4.41. The molecule has 3 heterocycles. The molecule has 0 aliphatic carbocycles. The highest BCUT2D eigenvalue weighted by Crippen LogP contribution is 2.36. The van der Waals surface area contributed by atoms with Crippen LogP contribution in [0.3, 0.4) is 0 Å². The topological polar surface area (TPSA) is 83.2 Å². The van der Waals surface area contributed by atoms with E-state index in [0.717, 1.165) is 51.3 Å². The van der Waals surface area contributed by atoms with Gasteiger partial charge in [-0.15, -0.1) is 0 Å². The predicted octanol–water partition coefficient (Wildman–Crippen LogP) is 4.00. The number of aromatic nitrogens is 3. The van der Waals surface area contributed by atoms with Crippen LogP contribution in [0.4, 0.5) is 0 Å². The predicted molar refractivity (Wildman–Crippen MR) is 118 cm³/mol. The Hall–Kier alpha value is -3.74. The van der Waals surface area contributed by atoms with Crippen molar-refractivity contribution in [3.05, 3.63) is 77.0 Å². The Balaban J connectivity index is 1.58. The second-order valence-corrected chi connectivity index (χ2v) is 7.73. The Bertz CT molecular complexity index is 1260. The number of carbonyl (C=O) groups excluding carboxylic acids is 1. The molecule has 0 radical (unpaired) electrons. The first-order valence-corrected chi connectivity index (χ1v) is 10.2. The highest BCUT2D eigenvalue weighted by molar-refractivity contribution is 6.01. The molecule has 0 fully saturated rings. The van der Waals surface area contributed by atoms with E-state index in [1.165, 1.54) is 0 Å². The van der Waals surface area contributed by atoms with Crippen LogP contribution >= 0.6 is 0 Å². The van der Waals surface area contributed by atoms with Gasteiger partial charge in [-0.2, -0.15) is 0 Å². The monoisotopic (exact) mass is 416 g/mol. The summed E-state index contributed by atoms with van der Waals surface area (Å²) in [5.41, 5.74) is 5.39. The molecule has 7 heteroatoms. The number of benzene rings is 2. The van der Waals surface area contributed by atoms with Crippen molar-refractivity contribution >= 4 is 16.8 Å². The number of rotatable bonds is 4. The first-order chi connectivity index (χ1) is 15.1. The lowest BCUT2D eigenvalue weighted by Gasteiger charge is -2.35. The minimum Gasteiger partial charge on any atom is -0.497 e. The molecule has 1 aliphatic heterocycles. The average Bonchev–Trinajstić information content (AvgIpc) is 3.42. The van der Waals surface area contributed by atoms with E-state index in [0.29, 0.717) is 12.2 Å². The molecule has 7 nitrogen and oxygen atoms in total. The highest BCUT2D eigenvalue weighted by atomic mass is 16.5. The molecule has 2 aromatic carbocycles. The molecule has 0 saturated carbocycles. The smallest absolute Gasteiger partial charge is 0.271 e. The number of aromatic amines is 2. The number of methoxy groups -OCH3 is 2. The van der Waals surface area contributed by atoms with Gasteiger partial charge in [0.25, 0.3) is 5.91 Å². The van der Waals surface area contributed by atoms with Crippen LogP contribution in [-0.2, 0) is 6.42 Å². The second kappa shape index (κ2) is 7.50. The molecule has 1 atom stereocenters. The summed E-state index contributed by atoms with van der Waals surface area (Å²) in [6.07, 6.45) is 2.44. The highest BCUT2D eigenvalue weighted by Gasteiger charge is 2.35. The van der Waals surface area contributed by atoms with Gasteiger partial charge in [-0.05, 0) is 48.4 Å². The van der Waals surface area contributed by atoms with Gasteiger partial charge in [0.1, 0.15) is 23.2 Å². The summed E-state index contributed by atoms with van der Waals surface area (Å²) in [5.74, 6) is 1.51. The number of aryl methyl sites for hydroxylation is 1. The fourth-order valence-corrected chi connectivity index (χ4v) is 4.41. The summed E-state index contributed by atoms with van der Waals surface area (Å²) in [4.78, 5) is 26.8. The Morgan fingerprint density at radius 1 is 1.10 bits per heavy atom. The standard InChI is InChI=1S/C24H24N4O3/c1-14-18-12-17(31-3)8-9-19(18)27-21(14)24(29)28-11-10-20-22(26-13-25-20)23(28)15-4-6-16(30-2)7-5-15/h4-9,12-13,23,27H,10-11H2,1-3H3,(H,25,26)/t23-/m0/s1. The Labute approximate surface area is 180 Å². The second-order valence-electron chi connectivity index (χ2n) is 7.73. The number of nitrogens with zero attached hydrogens (tertiary/aromatic N) is 2. The maximum Gasteiger partial charge on any atom is 0.271 e. The van der Waals surface area contributed by atoms with Crippen molar-refractivity contribution in [2.24, 2.45) is 0 Å². The molecular weight excluding hydrogens is 392 g/mol. The van der Waals surface area contributed by atoms with Crippen LogP contribution in [0, 0.1) is 6.92 Å². The number of hydrogen-bond acceptors (Lipinski definition) is 4. The molecular formula is C24H24N4O3. The summed E-state index contributed by atoms with van der Waals surface area (Å²) < 4.78 is 10.7. The number of carbonyl (C=O) groups is 1. The summed E-state index contributed by atoms with van der Waals surface area (Å²) in [6.45, 7) is 2.57. The van der Waals surface area contributed by atoms with Crippen molar-refractivity contribution in [2.45, 2.75) is 19.4 Å². The van der Waals surface area contributed by atoms with Crippen LogP contribution in [0.1, 0.15) is 39.0 Å². The molecule has 158 valence electrons.